The molecule has 0 spiro atoms. The lowest BCUT2D eigenvalue weighted by Gasteiger charge is -2.33. The quantitative estimate of drug-likeness (QED) is 0.610. The fourth-order valence-electron chi connectivity index (χ4n) is 4.00. The third kappa shape index (κ3) is 3.87. The lowest BCUT2D eigenvalue weighted by molar-refractivity contribution is 0.0629. The molecule has 0 unspecified atom stereocenters. The van der Waals surface area contributed by atoms with Gasteiger partial charge in [0.1, 0.15) is 10.7 Å². The van der Waals surface area contributed by atoms with Crippen LogP contribution >= 0.6 is 11.3 Å². The number of nitrogens with zero attached hydrogens (tertiary/aromatic N) is 3. The number of aromatic amines is 1. The molecule has 5 nitrogen and oxygen atoms in total. The van der Waals surface area contributed by atoms with Gasteiger partial charge in [-0.25, -0.2) is 4.98 Å². The van der Waals surface area contributed by atoms with Gasteiger partial charge < -0.3 is 4.90 Å². The number of hydrogen-bond acceptors (Lipinski definition) is 4. The van der Waals surface area contributed by atoms with E-state index < -0.39 is 0 Å². The monoisotopic (exact) mass is 394 g/mol. The Morgan fingerprint density at radius 1 is 1.21 bits per heavy atom. The second-order valence-corrected chi connectivity index (χ2v) is 8.21. The number of carbonyl (C=O) groups excluding carboxylic acids is 1. The Labute approximate surface area is 169 Å². The molecule has 1 fully saturated rings. The van der Waals surface area contributed by atoms with Gasteiger partial charge in [0, 0.05) is 23.5 Å². The van der Waals surface area contributed by atoms with Crippen molar-refractivity contribution in [2.24, 2.45) is 0 Å². The van der Waals surface area contributed by atoms with Crippen molar-refractivity contribution in [2.75, 3.05) is 6.54 Å². The van der Waals surface area contributed by atoms with E-state index in [9.17, 15) is 4.79 Å². The summed E-state index contributed by atoms with van der Waals surface area (Å²) in [5.74, 6) is 0.0704. The molecule has 1 aliphatic rings. The molecule has 1 amide bonds. The molecule has 0 bridgehead atoms. The number of aromatic nitrogens is 3. The number of benzene rings is 1. The first-order chi connectivity index (χ1) is 13.8. The molecule has 0 atom stereocenters. The van der Waals surface area contributed by atoms with E-state index in [-0.39, 0.29) is 5.91 Å². The Bertz CT molecular complexity index is 912. The molecule has 4 rings (SSSR count). The molecule has 3 aromatic rings. The van der Waals surface area contributed by atoms with Crippen LogP contribution in [0.15, 0.2) is 41.9 Å². The molecule has 1 aliphatic carbocycles. The maximum atomic E-state index is 13.2. The van der Waals surface area contributed by atoms with Crippen molar-refractivity contribution in [1.82, 2.24) is 20.1 Å². The molecular formula is C22H26N4OS. The van der Waals surface area contributed by atoms with E-state index in [1.54, 1.807) is 6.20 Å². The van der Waals surface area contributed by atoms with Crippen molar-refractivity contribution in [3.8, 4) is 21.8 Å². The molecule has 146 valence electrons. The van der Waals surface area contributed by atoms with Gasteiger partial charge in [0.15, 0.2) is 0 Å². The van der Waals surface area contributed by atoms with Crippen molar-refractivity contribution in [1.29, 1.82) is 0 Å². The van der Waals surface area contributed by atoms with Crippen LogP contribution in [0.4, 0.5) is 0 Å². The zero-order valence-corrected chi connectivity index (χ0v) is 17.0. The van der Waals surface area contributed by atoms with Gasteiger partial charge in [0.2, 0.25) is 0 Å². The number of thiazole rings is 1. The van der Waals surface area contributed by atoms with Crippen molar-refractivity contribution >= 4 is 17.2 Å². The Morgan fingerprint density at radius 3 is 2.75 bits per heavy atom. The molecule has 1 saturated carbocycles. The van der Waals surface area contributed by atoms with E-state index in [0.717, 1.165) is 47.6 Å². The topological polar surface area (TPSA) is 61.9 Å². The van der Waals surface area contributed by atoms with Gasteiger partial charge >= 0.3 is 0 Å². The number of rotatable bonds is 6. The first-order valence-electron chi connectivity index (χ1n) is 10.1. The minimum atomic E-state index is 0.0704. The number of carbonyl (C=O) groups is 1. The van der Waals surface area contributed by atoms with Crippen LogP contribution in [0, 0.1) is 0 Å². The molecular weight excluding hydrogens is 368 g/mol. The van der Waals surface area contributed by atoms with E-state index in [1.807, 2.05) is 35.7 Å². The maximum Gasteiger partial charge on any atom is 0.273 e. The molecule has 1 aromatic carbocycles. The van der Waals surface area contributed by atoms with Crippen LogP contribution in [0.1, 0.15) is 55.9 Å². The summed E-state index contributed by atoms with van der Waals surface area (Å²) in [4.78, 5) is 20.0. The van der Waals surface area contributed by atoms with Crippen LogP contribution < -0.4 is 0 Å². The smallest absolute Gasteiger partial charge is 0.273 e. The van der Waals surface area contributed by atoms with Gasteiger partial charge in [-0.05, 0) is 19.3 Å². The summed E-state index contributed by atoms with van der Waals surface area (Å²) in [5.41, 5.74) is 3.49. The third-order valence-electron chi connectivity index (χ3n) is 5.40. The van der Waals surface area contributed by atoms with Crippen molar-refractivity contribution < 1.29 is 4.79 Å². The van der Waals surface area contributed by atoms with E-state index in [4.69, 9.17) is 4.98 Å². The summed E-state index contributed by atoms with van der Waals surface area (Å²) < 4.78 is 0. The standard InChI is InChI=1S/C22H26N4OS/c1-2-13-26(17-11-7-4-8-12-17)22(27)19-15-28-21(24-19)18-14-23-25-20(18)16-9-5-3-6-10-16/h3,5-6,9-10,14-15,17H,2,4,7-8,11-13H2,1H3,(H,23,25). The lowest BCUT2D eigenvalue weighted by atomic mass is 9.94. The molecule has 0 aliphatic heterocycles. The number of H-pyrrole nitrogens is 1. The molecule has 0 radical (unpaired) electrons. The van der Waals surface area contributed by atoms with Crippen LogP contribution in [0.25, 0.3) is 21.8 Å². The average Bonchev–Trinajstić information content (AvgIpc) is 3.42. The zero-order valence-electron chi connectivity index (χ0n) is 16.2. The number of nitrogens with one attached hydrogen (secondary N) is 1. The highest BCUT2D eigenvalue weighted by atomic mass is 32.1. The summed E-state index contributed by atoms with van der Waals surface area (Å²) in [5, 5.41) is 10.0. The van der Waals surface area contributed by atoms with Crippen LogP contribution in [-0.2, 0) is 0 Å². The second-order valence-electron chi connectivity index (χ2n) is 7.35. The van der Waals surface area contributed by atoms with Gasteiger partial charge in [-0.1, -0.05) is 56.5 Å². The van der Waals surface area contributed by atoms with Crippen LogP contribution in [-0.4, -0.2) is 38.6 Å². The zero-order chi connectivity index (χ0) is 19.3. The van der Waals surface area contributed by atoms with Crippen molar-refractivity contribution in [2.45, 2.75) is 51.5 Å². The molecule has 2 aromatic heterocycles. The summed E-state index contributed by atoms with van der Waals surface area (Å²) in [6.07, 6.45) is 8.71. The summed E-state index contributed by atoms with van der Waals surface area (Å²) in [6, 6.07) is 10.5. The Kier molecular flexibility index (Phi) is 5.86. The highest BCUT2D eigenvalue weighted by Crippen LogP contribution is 2.33. The molecule has 2 heterocycles. The summed E-state index contributed by atoms with van der Waals surface area (Å²) in [6.45, 7) is 2.94. The summed E-state index contributed by atoms with van der Waals surface area (Å²) in [7, 11) is 0. The van der Waals surface area contributed by atoms with E-state index in [1.165, 1.54) is 30.6 Å². The Balaban J connectivity index is 1.59. The van der Waals surface area contributed by atoms with Gasteiger partial charge in [-0.2, -0.15) is 5.10 Å². The normalized spacial score (nSPS) is 14.9. The molecule has 28 heavy (non-hydrogen) atoms. The van der Waals surface area contributed by atoms with Gasteiger partial charge in [-0.3, -0.25) is 9.89 Å². The SMILES string of the molecule is CCCN(C(=O)c1csc(-c2cn[nH]c2-c2ccccc2)n1)C1CCCCC1. The van der Waals surface area contributed by atoms with E-state index >= 15 is 0 Å². The number of amides is 1. The molecule has 0 saturated heterocycles. The van der Waals surface area contributed by atoms with Crippen LogP contribution in [0.5, 0.6) is 0 Å². The third-order valence-corrected chi connectivity index (χ3v) is 6.27. The lowest BCUT2D eigenvalue weighted by Crippen LogP contribution is -2.42. The second kappa shape index (κ2) is 8.69. The predicted octanol–water partition coefficient (Wildman–Crippen LogP) is 5.39. The highest BCUT2D eigenvalue weighted by molar-refractivity contribution is 7.13. The fourth-order valence-corrected chi connectivity index (χ4v) is 4.81. The first kappa shape index (κ1) is 18.9. The van der Waals surface area contributed by atoms with Gasteiger partial charge in [-0.15, -0.1) is 11.3 Å². The highest BCUT2D eigenvalue weighted by Gasteiger charge is 2.27. The minimum absolute atomic E-state index is 0.0704. The van der Waals surface area contributed by atoms with Crippen LogP contribution in [0.2, 0.25) is 0 Å². The Hall–Kier alpha value is -2.47. The van der Waals surface area contributed by atoms with E-state index in [0.29, 0.717) is 11.7 Å². The van der Waals surface area contributed by atoms with Gasteiger partial charge in [0.05, 0.1) is 17.5 Å². The minimum Gasteiger partial charge on any atom is -0.334 e. The Morgan fingerprint density at radius 2 is 2.00 bits per heavy atom. The average molecular weight is 395 g/mol. The van der Waals surface area contributed by atoms with E-state index in [2.05, 4.69) is 22.0 Å². The summed E-state index contributed by atoms with van der Waals surface area (Å²) >= 11 is 1.51. The number of hydrogen-bond donors (Lipinski definition) is 1. The molecule has 1 N–H and O–H groups in total. The fraction of sp³-hybridized carbons (Fsp3) is 0.409. The largest absolute Gasteiger partial charge is 0.334 e. The van der Waals surface area contributed by atoms with Crippen molar-refractivity contribution in [3.05, 3.63) is 47.6 Å². The first-order valence-corrected chi connectivity index (χ1v) is 11.0. The van der Waals surface area contributed by atoms with Crippen molar-refractivity contribution in [3.63, 3.8) is 0 Å². The molecule has 6 heteroatoms. The predicted molar refractivity (Wildman–Crippen MR) is 113 cm³/mol. The van der Waals surface area contributed by atoms with Crippen LogP contribution in [0.3, 0.4) is 0 Å². The van der Waals surface area contributed by atoms with Gasteiger partial charge in [0.25, 0.3) is 5.91 Å². The maximum absolute atomic E-state index is 13.2.